The van der Waals surface area contributed by atoms with Crippen molar-refractivity contribution in [2.24, 2.45) is 11.8 Å². The van der Waals surface area contributed by atoms with Gasteiger partial charge in [-0.15, -0.1) is 0 Å². The minimum Gasteiger partial charge on any atom is -0.349 e. The van der Waals surface area contributed by atoms with Gasteiger partial charge < -0.3 is 5.32 Å². The van der Waals surface area contributed by atoms with Crippen molar-refractivity contribution < 1.29 is 13.2 Å². The Balaban J connectivity index is 1.40. The summed E-state index contributed by atoms with van der Waals surface area (Å²) in [4.78, 5) is 13.4. The molecule has 2 aliphatic rings. The Hall–Kier alpha value is -1.89. The second-order valence-corrected chi connectivity index (χ2v) is 11.2. The van der Waals surface area contributed by atoms with Crippen LogP contribution in [0.25, 0.3) is 0 Å². The SMILES string of the molecule is Cc1ccc(S(=O)(=O)N2CCC(C(=O)N[C@H](c3ccc(Cl)cc3)C3CC3)CC2)c(C)c1. The Bertz CT molecular complexity index is 1060. The highest BCUT2D eigenvalue weighted by atomic mass is 35.5. The maximum absolute atomic E-state index is 13.1. The second-order valence-electron chi connectivity index (χ2n) is 8.82. The molecule has 2 aromatic carbocycles. The number of amides is 1. The van der Waals surface area contributed by atoms with Gasteiger partial charge in [0.25, 0.3) is 0 Å². The third-order valence-corrected chi connectivity index (χ3v) is 8.70. The smallest absolute Gasteiger partial charge is 0.243 e. The number of carbonyl (C=O) groups excluding carboxylic acids is 1. The average molecular weight is 461 g/mol. The zero-order chi connectivity index (χ0) is 22.2. The van der Waals surface area contributed by atoms with Gasteiger partial charge >= 0.3 is 0 Å². The molecule has 1 aliphatic heterocycles. The number of benzene rings is 2. The summed E-state index contributed by atoms with van der Waals surface area (Å²) in [7, 11) is -3.54. The number of hydrogen-bond donors (Lipinski definition) is 1. The van der Waals surface area contributed by atoms with Gasteiger partial charge in [-0.05, 0) is 74.8 Å². The van der Waals surface area contributed by atoms with Crippen LogP contribution in [0.5, 0.6) is 0 Å². The highest BCUT2D eigenvalue weighted by Gasteiger charge is 2.37. The van der Waals surface area contributed by atoms with Crippen LogP contribution < -0.4 is 5.32 Å². The summed E-state index contributed by atoms with van der Waals surface area (Å²) in [5.74, 6) is 0.324. The summed E-state index contributed by atoms with van der Waals surface area (Å²) in [5.41, 5.74) is 2.88. The number of nitrogens with zero attached hydrogens (tertiary/aromatic N) is 1. The molecular weight excluding hydrogens is 432 g/mol. The number of carbonyl (C=O) groups is 1. The largest absolute Gasteiger partial charge is 0.349 e. The van der Waals surface area contributed by atoms with Gasteiger partial charge in [0.15, 0.2) is 0 Å². The van der Waals surface area contributed by atoms with E-state index in [1.807, 2.05) is 50.2 Å². The van der Waals surface area contributed by atoms with Gasteiger partial charge in [-0.3, -0.25) is 4.79 Å². The molecule has 5 nitrogen and oxygen atoms in total. The van der Waals surface area contributed by atoms with E-state index in [-0.39, 0.29) is 17.9 Å². The Labute approximate surface area is 189 Å². The van der Waals surface area contributed by atoms with Gasteiger partial charge in [0.05, 0.1) is 10.9 Å². The van der Waals surface area contributed by atoms with Crippen LogP contribution in [-0.4, -0.2) is 31.7 Å². The van der Waals surface area contributed by atoms with Crippen molar-refractivity contribution in [2.45, 2.75) is 50.5 Å². The minimum atomic E-state index is -3.54. The fourth-order valence-electron chi connectivity index (χ4n) is 4.43. The highest BCUT2D eigenvalue weighted by molar-refractivity contribution is 7.89. The Morgan fingerprint density at radius 3 is 2.26 bits per heavy atom. The third kappa shape index (κ3) is 4.97. The minimum absolute atomic E-state index is 0.00161. The molecule has 166 valence electrons. The Kier molecular flexibility index (Phi) is 6.42. The summed E-state index contributed by atoms with van der Waals surface area (Å²) in [6.45, 7) is 4.51. The molecule has 31 heavy (non-hydrogen) atoms. The van der Waals surface area contributed by atoms with E-state index in [4.69, 9.17) is 11.6 Å². The van der Waals surface area contributed by atoms with Crippen LogP contribution in [0.2, 0.25) is 5.02 Å². The van der Waals surface area contributed by atoms with Crippen molar-refractivity contribution >= 4 is 27.5 Å². The quantitative estimate of drug-likeness (QED) is 0.683. The molecule has 0 spiro atoms. The van der Waals surface area contributed by atoms with Gasteiger partial charge in [-0.1, -0.05) is 41.4 Å². The molecule has 1 saturated carbocycles. The van der Waals surface area contributed by atoms with Gasteiger partial charge in [0.2, 0.25) is 15.9 Å². The molecule has 1 saturated heterocycles. The first kappa shape index (κ1) is 22.3. The molecule has 1 heterocycles. The molecule has 2 fully saturated rings. The van der Waals surface area contributed by atoms with E-state index in [0.717, 1.165) is 29.5 Å². The topological polar surface area (TPSA) is 66.5 Å². The molecule has 1 amide bonds. The lowest BCUT2D eigenvalue weighted by atomic mass is 9.95. The first-order valence-corrected chi connectivity index (χ1v) is 12.7. The maximum atomic E-state index is 13.1. The predicted octanol–water partition coefficient (Wildman–Crippen LogP) is 4.63. The van der Waals surface area contributed by atoms with E-state index in [1.54, 1.807) is 6.07 Å². The number of rotatable bonds is 6. The van der Waals surface area contributed by atoms with E-state index in [9.17, 15) is 13.2 Å². The summed E-state index contributed by atoms with van der Waals surface area (Å²) in [6.07, 6.45) is 3.29. The molecule has 1 aliphatic carbocycles. The molecule has 0 bridgehead atoms. The van der Waals surface area contributed by atoms with Crippen molar-refractivity contribution in [3.8, 4) is 0 Å². The van der Waals surface area contributed by atoms with Crippen LogP contribution >= 0.6 is 11.6 Å². The number of hydrogen-bond acceptors (Lipinski definition) is 3. The van der Waals surface area contributed by atoms with Crippen LogP contribution in [-0.2, 0) is 14.8 Å². The fourth-order valence-corrected chi connectivity index (χ4v) is 6.23. The van der Waals surface area contributed by atoms with Crippen LogP contribution in [0.4, 0.5) is 0 Å². The maximum Gasteiger partial charge on any atom is 0.243 e. The van der Waals surface area contributed by atoms with Crippen LogP contribution in [0, 0.1) is 25.7 Å². The van der Waals surface area contributed by atoms with Crippen molar-refractivity contribution in [1.29, 1.82) is 0 Å². The fraction of sp³-hybridized carbons (Fsp3) is 0.458. The third-order valence-electron chi connectivity index (χ3n) is 6.39. The first-order chi connectivity index (χ1) is 14.8. The molecule has 0 radical (unpaired) electrons. The van der Waals surface area contributed by atoms with Gasteiger partial charge in [-0.25, -0.2) is 8.42 Å². The van der Waals surface area contributed by atoms with Crippen molar-refractivity contribution in [2.75, 3.05) is 13.1 Å². The number of nitrogens with one attached hydrogen (secondary N) is 1. The molecular formula is C24H29ClN2O3S. The number of piperidine rings is 1. The Morgan fingerprint density at radius 2 is 1.68 bits per heavy atom. The Morgan fingerprint density at radius 1 is 1.03 bits per heavy atom. The zero-order valence-corrected chi connectivity index (χ0v) is 19.5. The van der Waals surface area contributed by atoms with E-state index >= 15 is 0 Å². The predicted molar refractivity (Wildman–Crippen MR) is 122 cm³/mol. The van der Waals surface area contributed by atoms with E-state index in [2.05, 4.69) is 5.32 Å². The molecule has 0 unspecified atom stereocenters. The zero-order valence-electron chi connectivity index (χ0n) is 18.0. The molecule has 7 heteroatoms. The number of sulfonamides is 1. The number of aryl methyl sites for hydroxylation is 2. The van der Waals surface area contributed by atoms with Gasteiger partial charge in [0.1, 0.15) is 0 Å². The second kappa shape index (κ2) is 8.93. The van der Waals surface area contributed by atoms with E-state index < -0.39 is 10.0 Å². The van der Waals surface area contributed by atoms with Crippen molar-refractivity contribution in [1.82, 2.24) is 9.62 Å². The van der Waals surface area contributed by atoms with E-state index in [0.29, 0.717) is 41.8 Å². The molecule has 4 rings (SSSR count). The first-order valence-electron chi connectivity index (χ1n) is 10.9. The van der Waals surface area contributed by atoms with E-state index in [1.165, 1.54) is 4.31 Å². The van der Waals surface area contributed by atoms with Gasteiger partial charge in [0, 0.05) is 24.0 Å². The van der Waals surface area contributed by atoms with Crippen molar-refractivity contribution in [3.05, 3.63) is 64.2 Å². The van der Waals surface area contributed by atoms with Crippen LogP contribution in [0.3, 0.4) is 0 Å². The van der Waals surface area contributed by atoms with Gasteiger partial charge in [-0.2, -0.15) is 4.31 Å². The molecule has 0 aromatic heterocycles. The summed E-state index contributed by atoms with van der Waals surface area (Å²) < 4.78 is 27.7. The van der Waals surface area contributed by atoms with Crippen molar-refractivity contribution in [3.63, 3.8) is 0 Å². The molecule has 1 N–H and O–H groups in total. The standard InChI is InChI=1S/C24H29ClN2O3S/c1-16-3-10-22(17(2)15-16)31(29,30)27-13-11-20(12-14-27)24(28)26-23(18-4-5-18)19-6-8-21(25)9-7-19/h3,6-10,15,18,20,23H,4-5,11-14H2,1-2H3,(H,26,28)/t23-/m0/s1. The number of halogens is 1. The van der Waals surface area contributed by atoms with Crippen LogP contribution in [0.15, 0.2) is 47.4 Å². The lowest BCUT2D eigenvalue weighted by molar-refractivity contribution is -0.127. The summed E-state index contributed by atoms with van der Waals surface area (Å²) in [5, 5.41) is 3.92. The lowest BCUT2D eigenvalue weighted by Gasteiger charge is -2.32. The molecule has 1 atom stereocenters. The average Bonchev–Trinajstić information content (AvgIpc) is 3.57. The lowest BCUT2D eigenvalue weighted by Crippen LogP contribution is -2.44. The van der Waals surface area contributed by atoms with Crippen LogP contribution in [0.1, 0.15) is 48.4 Å². The summed E-state index contributed by atoms with van der Waals surface area (Å²) in [6, 6.07) is 13.1. The monoisotopic (exact) mass is 460 g/mol. The molecule has 2 aromatic rings. The highest BCUT2D eigenvalue weighted by Crippen LogP contribution is 2.41. The normalized spacial score (nSPS) is 19.2. The summed E-state index contributed by atoms with van der Waals surface area (Å²) >= 11 is 6.01.